The van der Waals surface area contributed by atoms with Crippen LogP contribution < -0.4 is 5.32 Å². The molecule has 0 spiro atoms. The van der Waals surface area contributed by atoms with E-state index in [-0.39, 0.29) is 18.1 Å². The number of esters is 1. The molecule has 3 aromatic carbocycles. The lowest BCUT2D eigenvalue weighted by Crippen LogP contribution is -2.46. The topological polar surface area (TPSA) is 64.6 Å². The summed E-state index contributed by atoms with van der Waals surface area (Å²) in [6, 6.07) is 14.8. The number of hydrogen-bond donors (Lipinski definition) is 1. The van der Waals surface area contributed by atoms with Crippen LogP contribution in [0.4, 0.5) is 26.7 Å². The second-order valence-electron chi connectivity index (χ2n) is 10.2. The van der Waals surface area contributed by atoms with Crippen molar-refractivity contribution in [3.8, 4) is 11.1 Å². The van der Waals surface area contributed by atoms with Crippen LogP contribution >= 0.6 is 0 Å². The molecule has 1 aliphatic carbocycles. The Morgan fingerprint density at radius 3 is 1.90 bits per heavy atom. The molecule has 0 heterocycles. The van der Waals surface area contributed by atoms with E-state index in [9.17, 15) is 31.5 Å². The van der Waals surface area contributed by atoms with Gasteiger partial charge in [0.25, 0.3) is 0 Å². The van der Waals surface area contributed by atoms with Crippen molar-refractivity contribution in [1.82, 2.24) is 5.32 Å². The van der Waals surface area contributed by atoms with Crippen LogP contribution in [0.25, 0.3) is 11.1 Å². The van der Waals surface area contributed by atoms with Gasteiger partial charge in [0.15, 0.2) is 0 Å². The Hall–Kier alpha value is -3.95. The van der Waals surface area contributed by atoms with Crippen LogP contribution in [0.5, 0.6) is 0 Å². The summed E-state index contributed by atoms with van der Waals surface area (Å²) in [4.78, 5) is 25.6. The molecule has 3 aromatic rings. The molecule has 10 heteroatoms. The summed E-state index contributed by atoms with van der Waals surface area (Å²) >= 11 is 0. The number of ether oxygens (including phenoxy) is 2. The first kappa shape index (κ1) is 28.1. The molecule has 0 bridgehead atoms. The number of nitrogens with one attached hydrogen (secondary N) is 1. The molecule has 4 rings (SSSR count). The lowest BCUT2D eigenvalue weighted by molar-refractivity contribution is -0.157. The second-order valence-corrected chi connectivity index (χ2v) is 10.2. The first-order chi connectivity index (χ1) is 18.2. The minimum atomic E-state index is -5.24. The van der Waals surface area contributed by atoms with Gasteiger partial charge in [-0.25, -0.2) is 18.4 Å². The molecule has 5 nitrogen and oxygen atoms in total. The molecule has 206 valence electrons. The minimum Gasteiger partial charge on any atom is -0.458 e. The number of carbonyl (C=O) groups excluding carboxylic acids is 2. The van der Waals surface area contributed by atoms with Crippen LogP contribution in [0.15, 0.2) is 60.7 Å². The fourth-order valence-electron chi connectivity index (χ4n) is 4.60. The van der Waals surface area contributed by atoms with E-state index in [4.69, 9.17) is 9.47 Å². The second kappa shape index (κ2) is 10.7. The number of halogens is 5. The van der Waals surface area contributed by atoms with Crippen molar-refractivity contribution in [2.24, 2.45) is 0 Å². The van der Waals surface area contributed by atoms with Crippen LogP contribution in [0.3, 0.4) is 0 Å². The maximum Gasteiger partial charge on any atom is 0.422 e. The number of fused-ring (bicyclic) bond motifs is 3. The molecule has 0 aromatic heterocycles. The van der Waals surface area contributed by atoms with Gasteiger partial charge in [-0.2, -0.15) is 13.2 Å². The van der Waals surface area contributed by atoms with E-state index in [0.717, 1.165) is 22.3 Å². The van der Waals surface area contributed by atoms with Gasteiger partial charge in [-0.1, -0.05) is 48.5 Å². The average Bonchev–Trinajstić information content (AvgIpc) is 3.13. The van der Waals surface area contributed by atoms with E-state index >= 15 is 0 Å². The van der Waals surface area contributed by atoms with E-state index in [1.807, 2.05) is 48.5 Å². The molecule has 1 unspecified atom stereocenters. The standard InChI is InChI=1S/C29H26F5NO4/c1-28(2,3)39-26(36)24(14-16-12-22(30)25(23(31)13-16)29(32,33)34)35-27(37)38-15-21-19-10-6-4-8-17(19)18-9-5-7-11-20(18)21/h4-13,21,24H,14-15H2,1-3H3,(H,35,37). The number of benzene rings is 3. The first-order valence-electron chi connectivity index (χ1n) is 12.1. The van der Waals surface area contributed by atoms with Gasteiger partial charge in [0.1, 0.15) is 35.4 Å². The first-order valence-corrected chi connectivity index (χ1v) is 12.1. The fraction of sp³-hybridized carbons (Fsp3) is 0.310. The molecule has 1 amide bonds. The Morgan fingerprint density at radius 2 is 1.41 bits per heavy atom. The summed E-state index contributed by atoms with van der Waals surface area (Å²) < 4.78 is 77.9. The quantitative estimate of drug-likeness (QED) is 0.273. The zero-order valence-electron chi connectivity index (χ0n) is 21.4. The monoisotopic (exact) mass is 547 g/mol. The zero-order valence-corrected chi connectivity index (χ0v) is 21.4. The minimum absolute atomic E-state index is 0.0650. The highest BCUT2D eigenvalue weighted by molar-refractivity contribution is 5.82. The highest BCUT2D eigenvalue weighted by atomic mass is 19.4. The number of carbonyl (C=O) groups is 2. The molecule has 1 atom stereocenters. The lowest BCUT2D eigenvalue weighted by Gasteiger charge is -2.25. The summed E-state index contributed by atoms with van der Waals surface area (Å²) in [5, 5.41) is 2.34. The summed E-state index contributed by atoms with van der Waals surface area (Å²) in [5.41, 5.74) is 0.656. The van der Waals surface area contributed by atoms with Gasteiger partial charge >= 0.3 is 18.2 Å². The molecule has 0 radical (unpaired) electrons. The summed E-state index contributed by atoms with van der Waals surface area (Å²) in [7, 11) is 0. The number of amides is 1. The van der Waals surface area contributed by atoms with Crippen molar-refractivity contribution in [1.29, 1.82) is 0 Å². The molecule has 0 saturated carbocycles. The summed E-state index contributed by atoms with van der Waals surface area (Å²) in [6.07, 6.45) is -6.78. The van der Waals surface area contributed by atoms with Crippen molar-refractivity contribution in [2.45, 2.75) is 50.9 Å². The molecule has 1 N–H and O–H groups in total. The van der Waals surface area contributed by atoms with Crippen LogP contribution in [0.2, 0.25) is 0 Å². The molecule has 39 heavy (non-hydrogen) atoms. The van der Waals surface area contributed by atoms with Crippen LogP contribution in [0.1, 0.15) is 48.9 Å². The normalized spacial score (nSPS) is 13.8. The predicted molar refractivity (Wildman–Crippen MR) is 133 cm³/mol. The van der Waals surface area contributed by atoms with Crippen LogP contribution in [-0.2, 0) is 26.9 Å². The van der Waals surface area contributed by atoms with Gasteiger partial charge in [-0.05, 0) is 60.7 Å². The van der Waals surface area contributed by atoms with Crippen molar-refractivity contribution < 1.29 is 41.0 Å². The largest absolute Gasteiger partial charge is 0.458 e. The SMILES string of the molecule is CC(C)(C)OC(=O)C(Cc1cc(F)c(C(F)(F)F)c(F)c1)NC(=O)OCC1c2ccccc2-c2ccccc21. The van der Waals surface area contributed by atoms with Gasteiger partial charge in [-0.3, -0.25) is 0 Å². The Balaban J connectivity index is 1.52. The number of rotatable bonds is 6. The predicted octanol–water partition coefficient (Wildman–Crippen LogP) is 6.78. The lowest BCUT2D eigenvalue weighted by atomic mass is 9.98. The third-order valence-corrected chi connectivity index (χ3v) is 6.15. The highest BCUT2D eigenvalue weighted by Crippen LogP contribution is 2.44. The Morgan fingerprint density at radius 1 is 0.897 bits per heavy atom. The van der Waals surface area contributed by atoms with E-state index in [1.165, 1.54) is 0 Å². The highest BCUT2D eigenvalue weighted by Gasteiger charge is 2.38. The average molecular weight is 548 g/mol. The van der Waals surface area contributed by atoms with Crippen molar-refractivity contribution in [3.05, 3.63) is 94.6 Å². The van der Waals surface area contributed by atoms with Gasteiger partial charge in [0, 0.05) is 12.3 Å². The fourth-order valence-corrected chi connectivity index (χ4v) is 4.60. The smallest absolute Gasteiger partial charge is 0.422 e. The van der Waals surface area contributed by atoms with E-state index in [1.54, 1.807) is 20.8 Å². The number of hydrogen-bond acceptors (Lipinski definition) is 4. The molecular formula is C29H26F5NO4. The number of alkyl carbamates (subject to hydrolysis) is 1. The van der Waals surface area contributed by atoms with Crippen molar-refractivity contribution in [2.75, 3.05) is 6.61 Å². The number of alkyl halides is 3. The van der Waals surface area contributed by atoms with E-state index in [2.05, 4.69) is 5.32 Å². The molecule has 0 saturated heterocycles. The van der Waals surface area contributed by atoms with Gasteiger partial charge in [-0.15, -0.1) is 0 Å². The van der Waals surface area contributed by atoms with Crippen LogP contribution in [-0.4, -0.2) is 30.3 Å². The third-order valence-electron chi connectivity index (χ3n) is 6.15. The maximum atomic E-state index is 14.1. The maximum absolute atomic E-state index is 14.1. The van der Waals surface area contributed by atoms with Crippen LogP contribution in [0, 0.1) is 11.6 Å². The molecule has 0 aliphatic heterocycles. The molecular weight excluding hydrogens is 521 g/mol. The van der Waals surface area contributed by atoms with Gasteiger partial charge < -0.3 is 14.8 Å². The van der Waals surface area contributed by atoms with E-state index in [0.29, 0.717) is 12.1 Å². The van der Waals surface area contributed by atoms with Gasteiger partial charge in [0.2, 0.25) is 0 Å². The van der Waals surface area contributed by atoms with Crippen molar-refractivity contribution >= 4 is 12.1 Å². The Labute approximate surface area is 221 Å². The Bertz CT molecular complexity index is 1330. The summed E-state index contributed by atoms with van der Waals surface area (Å²) in [5.74, 6) is -4.87. The zero-order chi connectivity index (χ0) is 28.5. The van der Waals surface area contributed by atoms with Gasteiger partial charge in [0.05, 0.1) is 0 Å². The Kier molecular flexibility index (Phi) is 7.68. The van der Waals surface area contributed by atoms with E-state index < -0.39 is 53.5 Å². The third kappa shape index (κ3) is 6.38. The summed E-state index contributed by atoms with van der Waals surface area (Å²) in [6.45, 7) is 4.66. The van der Waals surface area contributed by atoms with Crippen molar-refractivity contribution in [3.63, 3.8) is 0 Å². The molecule has 0 fully saturated rings. The molecule has 1 aliphatic rings.